The smallest absolute Gasteiger partial charge is 0.255 e. The molecule has 0 radical (unpaired) electrons. The maximum absolute atomic E-state index is 12.9. The molecule has 170 valence electrons. The fourth-order valence-corrected chi connectivity index (χ4v) is 3.88. The van der Waals surface area contributed by atoms with E-state index in [0.29, 0.717) is 30.3 Å². The van der Waals surface area contributed by atoms with Crippen molar-refractivity contribution in [3.8, 4) is 11.5 Å². The zero-order valence-electron chi connectivity index (χ0n) is 19.3. The number of para-hydroxylation sites is 2. The van der Waals surface area contributed by atoms with E-state index in [2.05, 4.69) is 29.1 Å². The molecule has 0 aliphatic carbocycles. The average Bonchev–Trinajstić information content (AvgIpc) is 3.15. The van der Waals surface area contributed by atoms with Gasteiger partial charge in [-0.3, -0.25) is 4.79 Å². The van der Waals surface area contributed by atoms with Crippen molar-refractivity contribution in [3.05, 3.63) is 83.7 Å². The molecule has 0 saturated carbocycles. The Balaban J connectivity index is 1.45. The number of amides is 1. The van der Waals surface area contributed by atoms with Gasteiger partial charge in [0.2, 0.25) is 0 Å². The third-order valence-corrected chi connectivity index (χ3v) is 5.51. The van der Waals surface area contributed by atoms with Crippen LogP contribution in [0.2, 0.25) is 0 Å². The SMILES string of the molecule is CCOc1ccc(C(=O)Nc2cccc(CCc3nc4ccccc4n3C)c2)cc1OCC. The van der Waals surface area contributed by atoms with Gasteiger partial charge >= 0.3 is 0 Å². The molecule has 6 nitrogen and oxygen atoms in total. The highest BCUT2D eigenvalue weighted by molar-refractivity contribution is 6.04. The highest BCUT2D eigenvalue weighted by Crippen LogP contribution is 2.29. The molecule has 33 heavy (non-hydrogen) atoms. The summed E-state index contributed by atoms with van der Waals surface area (Å²) in [4.78, 5) is 17.6. The molecule has 0 aliphatic heterocycles. The van der Waals surface area contributed by atoms with Crippen LogP contribution in [0, 0.1) is 0 Å². The zero-order chi connectivity index (χ0) is 23.2. The summed E-state index contributed by atoms with van der Waals surface area (Å²) in [5.41, 5.74) is 4.57. The number of aryl methyl sites for hydroxylation is 3. The number of anilines is 1. The molecule has 4 aromatic rings. The Kier molecular flexibility index (Phi) is 6.93. The molecule has 3 aromatic carbocycles. The lowest BCUT2D eigenvalue weighted by Crippen LogP contribution is -2.12. The van der Waals surface area contributed by atoms with Crippen molar-refractivity contribution in [2.24, 2.45) is 7.05 Å². The summed E-state index contributed by atoms with van der Waals surface area (Å²) >= 11 is 0. The molecule has 0 bridgehead atoms. The van der Waals surface area contributed by atoms with E-state index in [-0.39, 0.29) is 5.91 Å². The molecule has 1 amide bonds. The molecule has 0 unspecified atom stereocenters. The first kappa shape index (κ1) is 22.4. The van der Waals surface area contributed by atoms with Crippen LogP contribution in [0.15, 0.2) is 66.7 Å². The summed E-state index contributed by atoms with van der Waals surface area (Å²) in [5.74, 6) is 2.07. The maximum atomic E-state index is 12.9. The van der Waals surface area contributed by atoms with Crippen molar-refractivity contribution in [2.45, 2.75) is 26.7 Å². The van der Waals surface area contributed by atoms with Crippen molar-refractivity contribution in [1.29, 1.82) is 0 Å². The number of rotatable bonds is 9. The minimum Gasteiger partial charge on any atom is -0.490 e. The number of nitrogens with one attached hydrogen (secondary N) is 1. The molecule has 0 aliphatic rings. The van der Waals surface area contributed by atoms with Gasteiger partial charge in [-0.1, -0.05) is 24.3 Å². The molecule has 1 heterocycles. The minimum absolute atomic E-state index is 0.188. The summed E-state index contributed by atoms with van der Waals surface area (Å²) in [6, 6.07) is 21.3. The summed E-state index contributed by atoms with van der Waals surface area (Å²) in [6.07, 6.45) is 1.65. The molecule has 0 saturated heterocycles. The van der Waals surface area contributed by atoms with Crippen LogP contribution in [0.3, 0.4) is 0 Å². The molecule has 1 aromatic heterocycles. The number of carbonyl (C=O) groups is 1. The van der Waals surface area contributed by atoms with Gasteiger partial charge in [-0.15, -0.1) is 0 Å². The van der Waals surface area contributed by atoms with E-state index >= 15 is 0 Å². The number of hydrogen-bond donors (Lipinski definition) is 1. The Morgan fingerprint density at radius 1 is 0.909 bits per heavy atom. The standard InChI is InChI=1S/C27H29N3O3/c1-4-32-24-15-14-20(18-25(24)33-5-2)27(31)28-21-10-8-9-19(17-21)13-16-26-29-22-11-6-7-12-23(22)30(26)3/h6-12,14-15,17-18H,4-5,13,16H2,1-3H3,(H,28,31). The van der Waals surface area contributed by atoms with E-state index in [1.165, 1.54) is 0 Å². The second-order valence-electron chi connectivity index (χ2n) is 7.76. The molecule has 4 rings (SSSR count). The maximum Gasteiger partial charge on any atom is 0.255 e. The Bertz CT molecular complexity index is 1260. The van der Waals surface area contributed by atoms with Crippen LogP contribution in [0.25, 0.3) is 11.0 Å². The van der Waals surface area contributed by atoms with Gasteiger partial charge in [0, 0.05) is 24.7 Å². The van der Waals surface area contributed by atoms with Crippen molar-refractivity contribution in [1.82, 2.24) is 9.55 Å². The topological polar surface area (TPSA) is 65.4 Å². The molecule has 1 N–H and O–H groups in total. The summed E-state index contributed by atoms with van der Waals surface area (Å²) < 4.78 is 13.4. The summed E-state index contributed by atoms with van der Waals surface area (Å²) in [6.45, 7) is 4.85. The Hall–Kier alpha value is -3.80. The van der Waals surface area contributed by atoms with Gasteiger partial charge in [-0.05, 0) is 68.3 Å². The lowest BCUT2D eigenvalue weighted by Gasteiger charge is -2.13. The quantitative estimate of drug-likeness (QED) is 0.376. The number of fused-ring (bicyclic) bond motifs is 1. The van der Waals surface area contributed by atoms with Crippen molar-refractivity contribution in [3.63, 3.8) is 0 Å². The highest BCUT2D eigenvalue weighted by atomic mass is 16.5. The van der Waals surface area contributed by atoms with Gasteiger partial charge in [0.15, 0.2) is 11.5 Å². The van der Waals surface area contributed by atoms with Gasteiger partial charge in [-0.2, -0.15) is 0 Å². The fraction of sp³-hybridized carbons (Fsp3) is 0.259. The number of hydrogen-bond acceptors (Lipinski definition) is 4. The Labute approximate surface area is 194 Å². The first-order valence-corrected chi connectivity index (χ1v) is 11.3. The number of aromatic nitrogens is 2. The Morgan fingerprint density at radius 3 is 2.48 bits per heavy atom. The van der Waals surface area contributed by atoms with Gasteiger partial charge < -0.3 is 19.4 Å². The van der Waals surface area contributed by atoms with Gasteiger partial charge in [0.25, 0.3) is 5.91 Å². The number of carbonyl (C=O) groups excluding carboxylic acids is 1. The van der Waals surface area contributed by atoms with E-state index in [9.17, 15) is 4.79 Å². The minimum atomic E-state index is -0.188. The Morgan fingerprint density at radius 2 is 1.70 bits per heavy atom. The molecule has 0 fully saturated rings. The number of nitrogens with zero attached hydrogens (tertiary/aromatic N) is 2. The van der Waals surface area contributed by atoms with Crippen LogP contribution in [0.5, 0.6) is 11.5 Å². The number of benzene rings is 3. The lowest BCUT2D eigenvalue weighted by atomic mass is 10.1. The molecular weight excluding hydrogens is 414 g/mol. The van der Waals surface area contributed by atoms with E-state index in [4.69, 9.17) is 14.5 Å². The van der Waals surface area contributed by atoms with E-state index in [0.717, 1.165) is 41.0 Å². The van der Waals surface area contributed by atoms with Crippen LogP contribution in [-0.2, 0) is 19.9 Å². The second-order valence-corrected chi connectivity index (χ2v) is 7.76. The summed E-state index contributed by atoms with van der Waals surface area (Å²) in [7, 11) is 2.05. The summed E-state index contributed by atoms with van der Waals surface area (Å²) in [5, 5.41) is 2.99. The molecule has 0 spiro atoms. The van der Waals surface area contributed by atoms with Gasteiger partial charge in [0.05, 0.1) is 24.2 Å². The molecule has 6 heteroatoms. The van der Waals surface area contributed by atoms with Crippen LogP contribution >= 0.6 is 0 Å². The highest BCUT2D eigenvalue weighted by Gasteiger charge is 2.13. The van der Waals surface area contributed by atoms with Crippen molar-refractivity contribution in [2.75, 3.05) is 18.5 Å². The van der Waals surface area contributed by atoms with Crippen LogP contribution in [0.1, 0.15) is 35.6 Å². The predicted octanol–water partition coefficient (Wildman–Crippen LogP) is 5.41. The van der Waals surface area contributed by atoms with Crippen LogP contribution in [-0.4, -0.2) is 28.7 Å². The van der Waals surface area contributed by atoms with Gasteiger partial charge in [-0.25, -0.2) is 4.98 Å². The average molecular weight is 444 g/mol. The number of imidazole rings is 1. The second kappa shape index (κ2) is 10.2. The first-order chi connectivity index (χ1) is 16.1. The third kappa shape index (κ3) is 5.17. The van der Waals surface area contributed by atoms with Crippen molar-refractivity contribution >= 4 is 22.6 Å². The zero-order valence-corrected chi connectivity index (χ0v) is 19.3. The van der Waals surface area contributed by atoms with Gasteiger partial charge in [0.1, 0.15) is 5.82 Å². The first-order valence-electron chi connectivity index (χ1n) is 11.3. The van der Waals surface area contributed by atoms with E-state index in [1.807, 2.05) is 50.2 Å². The number of ether oxygens (including phenoxy) is 2. The third-order valence-electron chi connectivity index (χ3n) is 5.51. The predicted molar refractivity (Wildman–Crippen MR) is 131 cm³/mol. The van der Waals surface area contributed by atoms with Crippen LogP contribution in [0.4, 0.5) is 5.69 Å². The normalized spacial score (nSPS) is 10.9. The van der Waals surface area contributed by atoms with E-state index in [1.54, 1.807) is 18.2 Å². The largest absolute Gasteiger partial charge is 0.490 e. The van der Waals surface area contributed by atoms with Crippen molar-refractivity contribution < 1.29 is 14.3 Å². The molecular formula is C27H29N3O3. The lowest BCUT2D eigenvalue weighted by molar-refractivity contribution is 0.102. The van der Waals surface area contributed by atoms with E-state index < -0.39 is 0 Å². The van der Waals surface area contributed by atoms with Crippen LogP contribution < -0.4 is 14.8 Å². The molecule has 0 atom stereocenters. The fourth-order valence-electron chi connectivity index (χ4n) is 3.88. The monoisotopic (exact) mass is 443 g/mol.